The van der Waals surface area contributed by atoms with Gasteiger partial charge in [-0.25, -0.2) is 14.6 Å². The number of pyridine rings is 2. The second kappa shape index (κ2) is 11.3. The molecule has 3 aromatic heterocycles. The number of alkyl halides is 3. The number of hydrogen-bond donors (Lipinski definition) is 0. The van der Waals surface area contributed by atoms with Gasteiger partial charge < -0.3 is 18.6 Å². The van der Waals surface area contributed by atoms with Crippen LogP contribution in [0.2, 0.25) is 0 Å². The van der Waals surface area contributed by atoms with Crippen LogP contribution >= 0.6 is 15.9 Å². The number of rotatable bonds is 5. The van der Waals surface area contributed by atoms with Crippen molar-refractivity contribution in [1.82, 2.24) is 9.38 Å². The third-order valence-electron chi connectivity index (χ3n) is 4.84. The number of carbonyl (C=O) groups excluding carboxylic acids is 2. The summed E-state index contributed by atoms with van der Waals surface area (Å²) >= 11 is 3.30. The van der Waals surface area contributed by atoms with E-state index in [2.05, 4.69) is 37.5 Å². The van der Waals surface area contributed by atoms with Gasteiger partial charge in [0.15, 0.2) is 5.69 Å². The van der Waals surface area contributed by atoms with Gasteiger partial charge in [0.25, 0.3) is 0 Å². The highest BCUT2D eigenvalue weighted by molar-refractivity contribution is 9.10. The molecule has 8 nitrogen and oxygen atoms in total. The van der Waals surface area contributed by atoms with E-state index in [1.54, 1.807) is 32.9 Å². The van der Waals surface area contributed by atoms with Gasteiger partial charge in [-0.3, -0.25) is 4.90 Å². The quantitative estimate of drug-likeness (QED) is 0.273. The van der Waals surface area contributed by atoms with Crippen LogP contribution in [0.25, 0.3) is 5.52 Å². The normalized spacial score (nSPS) is 12.7. The summed E-state index contributed by atoms with van der Waals surface area (Å²) in [5.41, 5.74) is -1.40. The van der Waals surface area contributed by atoms with Crippen molar-refractivity contribution in [2.45, 2.75) is 39.0 Å². The summed E-state index contributed by atoms with van der Waals surface area (Å²) in [6.45, 7) is 1.83. The lowest BCUT2D eigenvalue weighted by Crippen LogP contribution is -2.37. The van der Waals surface area contributed by atoms with E-state index in [0.717, 1.165) is 7.11 Å². The first-order valence-electron chi connectivity index (χ1n) is 12.0. The van der Waals surface area contributed by atoms with E-state index in [9.17, 15) is 22.8 Å². The lowest BCUT2D eigenvalue weighted by molar-refractivity contribution is -0.128. The highest BCUT2D eigenvalue weighted by Gasteiger charge is 2.31. The summed E-state index contributed by atoms with van der Waals surface area (Å²) in [7, 11) is 2.33. The monoisotopic (exact) mass is 597 g/mol. The largest absolute Gasteiger partial charge is 0.479 e. The molecule has 0 unspecified atom stereocenters. The molecule has 0 aliphatic rings. The molecule has 3 aromatic rings. The summed E-state index contributed by atoms with van der Waals surface area (Å²) in [4.78, 5) is 29.7. The van der Waals surface area contributed by atoms with Crippen molar-refractivity contribution in [3.05, 3.63) is 58.0 Å². The molecule has 0 aliphatic heterocycles. The van der Waals surface area contributed by atoms with Gasteiger partial charge in [-0.2, -0.15) is 13.2 Å². The molecule has 12 heteroatoms. The summed E-state index contributed by atoms with van der Waals surface area (Å²) in [6, 6.07) is 6.96. The van der Waals surface area contributed by atoms with E-state index >= 15 is 0 Å². The predicted molar refractivity (Wildman–Crippen MR) is 137 cm³/mol. The summed E-state index contributed by atoms with van der Waals surface area (Å²) < 4.78 is 74.8. The predicted octanol–water partition coefficient (Wildman–Crippen LogP) is 5.79. The molecule has 0 fully saturated rings. The topological polar surface area (TPSA) is 82.4 Å². The van der Waals surface area contributed by atoms with Crippen LogP contribution in [-0.2, 0) is 15.9 Å². The molecule has 0 saturated carbocycles. The fourth-order valence-electron chi connectivity index (χ4n) is 3.33. The Bertz CT molecular complexity index is 1510. The van der Waals surface area contributed by atoms with E-state index in [-0.39, 0.29) is 28.5 Å². The molecule has 0 atom stereocenters. The third kappa shape index (κ3) is 6.98. The maximum Gasteiger partial charge on any atom is 0.415 e. The maximum absolute atomic E-state index is 13.4. The van der Waals surface area contributed by atoms with E-state index in [1.807, 2.05) is 0 Å². The molecule has 0 bridgehead atoms. The van der Waals surface area contributed by atoms with Gasteiger partial charge in [0.2, 0.25) is 5.88 Å². The Labute approximate surface area is 228 Å². The average molecular weight is 598 g/mol. The standard InChI is InChI=1S/C26H25BrF3N3O5/c1-25(2,3)38-24(35)33(19-11-10-18(23(34)37-5)31-22(19)36-4)13-6-8-16-14-20-17(27)9-7-12-32(20)21(16)15-26(28,29)30/h7,9-12,14H,13,15H2,1-5H3/i13D2. The molecule has 0 aliphatic carbocycles. The molecule has 0 saturated heterocycles. The number of hydrogen-bond acceptors (Lipinski definition) is 6. The Morgan fingerprint density at radius 2 is 1.92 bits per heavy atom. The van der Waals surface area contributed by atoms with Crippen LogP contribution in [0, 0.1) is 11.8 Å². The van der Waals surface area contributed by atoms with Gasteiger partial charge in [-0.1, -0.05) is 11.8 Å². The lowest BCUT2D eigenvalue weighted by atomic mass is 10.2. The van der Waals surface area contributed by atoms with Crippen molar-refractivity contribution in [2.75, 3.05) is 25.6 Å². The number of methoxy groups -OCH3 is 2. The number of amides is 1. The van der Waals surface area contributed by atoms with Crippen molar-refractivity contribution in [1.29, 1.82) is 0 Å². The van der Waals surface area contributed by atoms with Gasteiger partial charge >= 0.3 is 18.2 Å². The number of aromatic nitrogens is 2. The summed E-state index contributed by atoms with van der Waals surface area (Å²) in [5, 5.41) is 0. The van der Waals surface area contributed by atoms with Crippen molar-refractivity contribution in [3.8, 4) is 17.7 Å². The Morgan fingerprint density at radius 3 is 2.53 bits per heavy atom. The molecule has 3 rings (SSSR count). The number of esters is 1. The molecule has 0 aromatic carbocycles. The second-order valence-corrected chi connectivity index (χ2v) is 9.66. The Morgan fingerprint density at radius 1 is 1.21 bits per heavy atom. The number of anilines is 1. The van der Waals surface area contributed by atoms with Crippen LogP contribution < -0.4 is 9.64 Å². The zero-order chi connectivity index (χ0) is 30.0. The van der Waals surface area contributed by atoms with Crippen LogP contribution in [0.5, 0.6) is 5.88 Å². The lowest BCUT2D eigenvalue weighted by Gasteiger charge is -2.26. The number of ether oxygens (including phenoxy) is 3. The Kier molecular flexibility index (Phi) is 7.74. The van der Waals surface area contributed by atoms with Gasteiger partial charge in [0, 0.05) is 21.9 Å². The summed E-state index contributed by atoms with van der Waals surface area (Å²) in [6.07, 6.45) is -5.65. The molecule has 202 valence electrons. The van der Waals surface area contributed by atoms with Crippen LogP contribution in [0.1, 0.15) is 45.3 Å². The zero-order valence-electron chi connectivity index (χ0n) is 23.1. The van der Waals surface area contributed by atoms with Gasteiger partial charge in [0.1, 0.15) is 11.3 Å². The fourth-order valence-corrected chi connectivity index (χ4v) is 3.79. The van der Waals surface area contributed by atoms with Crippen LogP contribution in [0.3, 0.4) is 0 Å². The van der Waals surface area contributed by atoms with Gasteiger partial charge in [0.05, 0.1) is 35.4 Å². The SMILES string of the molecule is [2H]C([2H])(C#Cc1cc2c(Br)cccn2c1CC(F)(F)F)N(C(=O)OC(C)(C)C)c1ccc(C(=O)OC)nc1OC. The van der Waals surface area contributed by atoms with E-state index in [4.69, 9.17) is 12.2 Å². The molecule has 1 amide bonds. The zero-order valence-corrected chi connectivity index (χ0v) is 22.7. The van der Waals surface area contributed by atoms with E-state index < -0.39 is 36.8 Å². The van der Waals surface area contributed by atoms with Crippen molar-refractivity contribution < 1.29 is 39.7 Å². The number of fused-ring (bicyclic) bond motifs is 1. The van der Waals surface area contributed by atoms with Crippen LogP contribution in [0.15, 0.2) is 41.0 Å². The summed E-state index contributed by atoms with van der Waals surface area (Å²) in [5.74, 6) is 3.64. The van der Waals surface area contributed by atoms with Crippen molar-refractivity contribution in [3.63, 3.8) is 0 Å². The molecule has 0 N–H and O–H groups in total. The minimum absolute atomic E-state index is 0.0941. The van der Waals surface area contributed by atoms with Crippen molar-refractivity contribution >= 4 is 39.2 Å². The Balaban J connectivity index is 2.20. The Hall–Kier alpha value is -3.72. The molecule has 0 radical (unpaired) electrons. The fraction of sp³-hybridized carbons (Fsp3) is 0.346. The first-order chi connectivity index (χ1) is 18.5. The number of halogens is 4. The molecule has 0 spiro atoms. The first kappa shape index (κ1) is 25.9. The highest BCUT2D eigenvalue weighted by Crippen LogP contribution is 2.30. The van der Waals surface area contributed by atoms with E-state index in [1.165, 1.54) is 35.9 Å². The second-order valence-electron chi connectivity index (χ2n) is 8.80. The minimum Gasteiger partial charge on any atom is -0.479 e. The number of nitrogens with zero attached hydrogens (tertiary/aromatic N) is 3. The van der Waals surface area contributed by atoms with Crippen LogP contribution in [0.4, 0.5) is 23.7 Å². The maximum atomic E-state index is 13.4. The highest BCUT2D eigenvalue weighted by atomic mass is 79.9. The van der Waals surface area contributed by atoms with Crippen LogP contribution in [-0.4, -0.2) is 53.9 Å². The smallest absolute Gasteiger partial charge is 0.415 e. The molecule has 3 heterocycles. The van der Waals surface area contributed by atoms with Crippen molar-refractivity contribution in [2.24, 2.45) is 0 Å². The van der Waals surface area contributed by atoms with Gasteiger partial charge in [-0.05, 0) is 67.0 Å². The number of carbonyl (C=O) groups is 2. The molecule has 38 heavy (non-hydrogen) atoms. The van der Waals surface area contributed by atoms with E-state index in [0.29, 0.717) is 14.9 Å². The van der Waals surface area contributed by atoms with Gasteiger partial charge in [-0.15, -0.1) is 0 Å². The minimum atomic E-state index is -4.57. The first-order valence-corrected chi connectivity index (χ1v) is 11.8. The molecular formula is C26H25BrF3N3O5. The average Bonchev–Trinajstić information content (AvgIpc) is 3.18. The molecular weight excluding hydrogens is 571 g/mol. The third-order valence-corrected chi connectivity index (χ3v) is 5.51.